The molecule has 2 N–H and O–H groups in total. The first kappa shape index (κ1) is 15.2. The van der Waals surface area contributed by atoms with E-state index in [0.717, 1.165) is 25.9 Å². The Kier molecular flexibility index (Phi) is 5.83. The Balaban J connectivity index is 2.36. The van der Waals surface area contributed by atoms with Gasteiger partial charge in [-0.3, -0.25) is 0 Å². The molecule has 1 aromatic carbocycles. The smallest absolute Gasteiger partial charge is 0.0672 e. The minimum atomic E-state index is -0.626. The molecule has 18 heavy (non-hydrogen) atoms. The summed E-state index contributed by atoms with van der Waals surface area (Å²) < 4.78 is 0. The van der Waals surface area contributed by atoms with Crippen molar-refractivity contribution in [3.8, 4) is 0 Å². The number of hydrogen-bond acceptors (Lipinski definition) is 2. The van der Waals surface area contributed by atoms with Gasteiger partial charge in [0.15, 0.2) is 0 Å². The van der Waals surface area contributed by atoms with Crippen molar-refractivity contribution in [2.24, 2.45) is 5.92 Å². The molecular formula is C16H27NO. The third-order valence-electron chi connectivity index (χ3n) is 3.10. The lowest BCUT2D eigenvalue weighted by atomic mass is 9.93. The van der Waals surface area contributed by atoms with Gasteiger partial charge in [0.05, 0.1) is 5.60 Å². The number of aliphatic hydroxyl groups is 1. The lowest BCUT2D eigenvalue weighted by Gasteiger charge is -2.24. The highest BCUT2D eigenvalue weighted by Gasteiger charge is 2.20. The van der Waals surface area contributed by atoms with Gasteiger partial charge in [-0.05, 0) is 44.8 Å². The fourth-order valence-electron chi connectivity index (χ4n) is 1.98. The molecule has 0 radical (unpaired) electrons. The van der Waals surface area contributed by atoms with E-state index in [0.29, 0.717) is 5.92 Å². The Hall–Kier alpha value is -0.860. The van der Waals surface area contributed by atoms with Gasteiger partial charge in [-0.2, -0.15) is 0 Å². The summed E-state index contributed by atoms with van der Waals surface area (Å²) in [6.45, 7) is 10.3. The normalized spacial score (nSPS) is 14.8. The van der Waals surface area contributed by atoms with Crippen LogP contribution in [0.3, 0.4) is 0 Å². The molecule has 0 amide bonds. The summed E-state index contributed by atoms with van der Waals surface area (Å²) in [7, 11) is 0. The van der Waals surface area contributed by atoms with Gasteiger partial charge in [0.1, 0.15) is 0 Å². The molecular weight excluding hydrogens is 222 g/mol. The number of nitrogens with one attached hydrogen (secondary N) is 1. The lowest BCUT2D eigenvalue weighted by molar-refractivity contribution is 0.0514. The van der Waals surface area contributed by atoms with E-state index >= 15 is 0 Å². The third kappa shape index (κ3) is 6.18. The first-order valence-electron chi connectivity index (χ1n) is 6.88. The van der Waals surface area contributed by atoms with Crippen LogP contribution in [-0.2, 0) is 6.42 Å². The zero-order chi connectivity index (χ0) is 13.6. The maximum atomic E-state index is 10.4. The molecule has 1 aromatic rings. The summed E-state index contributed by atoms with van der Waals surface area (Å²) in [6, 6.07) is 8.40. The summed E-state index contributed by atoms with van der Waals surface area (Å²) in [5.74, 6) is 0.659. The van der Waals surface area contributed by atoms with Crippen molar-refractivity contribution in [3.05, 3.63) is 35.4 Å². The Bertz CT molecular complexity index is 341. The molecule has 0 saturated carbocycles. The molecule has 0 aliphatic carbocycles. The maximum absolute atomic E-state index is 10.4. The van der Waals surface area contributed by atoms with Crippen LogP contribution in [0.25, 0.3) is 0 Å². The highest BCUT2D eigenvalue weighted by Crippen LogP contribution is 2.17. The van der Waals surface area contributed by atoms with Crippen molar-refractivity contribution in [1.29, 1.82) is 0 Å². The fraction of sp³-hybridized carbons (Fsp3) is 0.625. The second kappa shape index (κ2) is 6.91. The molecule has 0 heterocycles. The molecule has 0 aromatic heterocycles. The molecule has 0 bridgehead atoms. The van der Waals surface area contributed by atoms with E-state index < -0.39 is 5.60 Å². The topological polar surface area (TPSA) is 32.3 Å². The first-order chi connectivity index (χ1) is 8.39. The van der Waals surface area contributed by atoms with Crippen LogP contribution in [0.1, 0.15) is 38.3 Å². The van der Waals surface area contributed by atoms with Gasteiger partial charge in [0.25, 0.3) is 0 Å². The van der Waals surface area contributed by atoms with Crippen molar-refractivity contribution in [1.82, 2.24) is 5.32 Å². The SMILES string of the molecule is Cc1ccc(CC(C)(O)CCNCC(C)C)cc1. The van der Waals surface area contributed by atoms with Gasteiger partial charge >= 0.3 is 0 Å². The summed E-state index contributed by atoms with van der Waals surface area (Å²) in [4.78, 5) is 0. The monoisotopic (exact) mass is 249 g/mol. The van der Waals surface area contributed by atoms with Crippen molar-refractivity contribution in [2.45, 2.75) is 46.1 Å². The number of aryl methyl sites for hydroxylation is 1. The van der Waals surface area contributed by atoms with Gasteiger partial charge in [0, 0.05) is 6.42 Å². The maximum Gasteiger partial charge on any atom is 0.0672 e. The number of hydrogen-bond donors (Lipinski definition) is 2. The molecule has 0 saturated heterocycles. The van der Waals surface area contributed by atoms with Crippen LogP contribution in [0.5, 0.6) is 0 Å². The first-order valence-corrected chi connectivity index (χ1v) is 6.88. The van der Waals surface area contributed by atoms with Crippen LogP contribution in [0, 0.1) is 12.8 Å². The fourth-order valence-corrected chi connectivity index (χ4v) is 1.98. The molecule has 1 atom stereocenters. The average molecular weight is 249 g/mol. The zero-order valence-electron chi connectivity index (χ0n) is 12.2. The molecule has 0 aliphatic heterocycles. The molecule has 1 unspecified atom stereocenters. The van der Waals surface area contributed by atoms with Crippen LogP contribution >= 0.6 is 0 Å². The van der Waals surface area contributed by atoms with Crippen LogP contribution < -0.4 is 5.32 Å². The van der Waals surface area contributed by atoms with E-state index in [-0.39, 0.29) is 0 Å². The molecule has 2 heteroatoms. The minimum Gasteiger partial charge on any atom is -0.390 e. The van der Waals surface area contributed by atoms with Crippen molar-refractivity contribution in [2.75, 3.05) is 13.1 Å². The van der Waals surface area contributed by atoms with E-state index in [1.807, 2.05) is 6.92 Å². The van der Waals surface area contributed by atoms with Gasteiger partial charge in [-0.15, -0.1) is 0 Å². The van der Waals surface area contributed by atoms with Gasteiger partial charge in [-0.1, -0.05) is 43.7 Å². The second-order valence-electron chi connectivity index (χ2n) is 6.01. The summed E-state index contributed by atoms with van der Waals surface area (Å²) in [5, 5.41) is 13.7. The number of rotatable bonds is 7. The summed E-state index contributed by atoms with van der Waals surface area (Å²) in [6.07, 6.45) is 1.50. The Morgan fingerprint density at radius 2 is 1.83 bits per heavy atom. The van der Waals surface area contributed by atoms with Gasteiger partial charge in [-0.25, -0.2) is 0 Å². The molecule has 0 fully saturated rings. The van der Waals surface area contributed by atoms with Gasteiger partial charge < -0.3 is 10.4 Å². The minimum absolute atomic E-state index is 0.626. The van der Waals surface area contributed by atoms with E-state index in [1.165, 1.54) is 11.1 Å². The van der Waals surface area contributed by atoms with Crippen LogP contribution in [0.2, 0.25) is 0 Å². The Morgan fingerprint density at radius 1 is 1.22 bits per heavy atom. The van der Waals surface area contributed by atoms with Crippen LogP contribution in [0.15, 0.2) is 24.3 Å². The lowest BCUT2D eigenvalue weighted by Crippen LogP contribution is -2.33. The molecule has 0 aliphatic rings. The summed E-state index contributed by atoms with van der Waals surface area (Å²) >= 11 is 0. The largest absolute Gasteiger partial charge is 0.390 e. The molecule has 0 spiro atoms. The molecule has 2 nitrogen and oxygen atoms in total. The summed E-state index contributed by atoms with van der Waals surface area (Å²) in [5.41, 5.74) is 1.84. The average Bonchev–Trinajstić information content (AvgIpc) is 2.27. The van der Waals surface area contributed by atoms with E-state index in [2.05, 4.69) is 50.4 Å². The standard InChI is InChI=1S/C16H27NO/c1-13(2)12-17-10-9-16(4,18)11-15-7-5-14(3)6-8-15/h5-8,13,17-18H,9-12H2,1-4H3. The van der Waals surface area contributed by atoms with Crippen LogP contribution in [0.4, 0.5) is 0 Å². The highest BCUT2D eigenvalue weighted by molar-refractivity contribution is 5.22. The second-order valence-corrected chi connectivity index (χ2v) is 6.01. The quantitative estimate of drug-likeness (QED) is 0.728. The van der Waals surface area contributed by atoms with Gasteiger partial charge in [0.2, 0.25) is 0 Å². The van der Waals surface area contributed by atoms with Crippen LogP contribution in [-0.4, -0.2) is 23.8 Å². The van der Waals surface area contributed by atoms with E-state index in [9.17, 15) is 5.11 Å². The van der Waals surface area contributed by atoms with E-state index in [4.69, 9.17) is 0 Å². The van der Waals surface area contributed by atoms with E-state index in [1.54, 1.807) is 0 Å². The Morgan fingerprint density at radius 3 is 2.39 bits per heavy atom. The predicted octanol–water partition coefficient (Wildman–Crippen LogP) is 2.92. The third-order valence-corrected chi connectivity index (χ3v) is 3.10. The van der Waals surface area contributed by atoms with Crippen molar-refractivity contribution in [3.63, 3.8) is 0 Å². The molecule has 1 rings (SSSR count). The van der Waals surface area contributed by atoms with Crippen molar-refractivity contribution >= 4 is 0 Å². The van der Waals surface area contributed by atoms with Crippen molar-refractivity contribution < 1.29 is 5.11 Å². The zero-order valence-corrected chi connectivity index (χ0v) is 12.2. The molecule has 102 valence electrons. The number of benzene rings is 1. The predicted molar refractivity (Wildman–Crippen MR) is 77.8 cm³/mol. The highest BCUT2D eigenvalue weighted by atomic mass is 16.3. The Labute approximate surface area is 111 Å².